The van der Waals surface area contributed by atoms with Gasteiger partial charge in [0, 0.05) is 18.8 Å². The number of hydrogen-bond donors (Lipinski definition) is 2. The number of nitrogens with one attached hydrogen (secondary N) is 2. The summed E-state index contributed by atoms with van der Waals surface area (Å²) in [5.74, 6) is 1.25. The molecule has 0 unspecified atom stereocenters. The van der Waals surface area contributed by atoms with Crippen LogP contribution in [0.4, 0.5) is 0 Å². The number of piperidine rings is 1. The van der Waals surface area contributed by atoms with E-state index in [0.717, 1.165) is 12.8 Å². The maximum atomic E-state index is 13.4. The molecule has 10 heteroatoms. The second-order valence-electron chi connectivity index (χ2n) is 7.25. The molecule has 2 aliphatic heterocycles. The Kier molecular flexibility index (Phi) is 5.74. The highest BCUT2D eigenvalue weighted by Crippen LogP contribution is 2.33. The number of aromatic nitrogens is 1. The van der Waals surface area contributed by atoms with Crippen molar-refractivity contribution in [2.45, 2.75) is 31.8 Å². The summed E-state index contributed by atoms with van der Waals surface area (Å²) in [6.07, 6.45) is 3.36. The minimum atomic E-state index is -0.108. The third-order valence-corrected chi connectivity index (χ3v) is 5.63. The van der Waals surface area contributed by atoms with Crippen LogP contribution in [0.15, 0.2) is 35.6 Å². The van der Waals surface area contributed by atoms with Crippen LogP contribution in [0, 0.1) is 0 Å². The number of methoxy groups -OCH3 is 2. The van der Waals surface area contributed by atoms with Gasteiger partial charge in [0.15, 0.2) is 11.5 Å². The molecule has 2 aromatic rings. The fraction of sp³-hybridized carbons (Fsp3) is 0.400. The average Bonchev–Trinajstić information content (AvgIpc) is 3.42. The molecule has 4 rings (SSSR count). The summed E-state index contributed by atoms with van der Waals surface area (Å²) in [5, 5.41) is 6.72. The third kappa shape index (κ3) is 3.78. The monoisotopic (exact) mass is 433 g/mol. The average molecular weight is 434 g/mol. The van der Waals surface area contributed by atoms with E-state index in [0.29, 0.717) is 40.2 Å². The number of rotatable bonds is 5. The number of likely N-dealkylation sites (tertiary alicyclic amines) is 1. The number of para-hydroxylation sites is 1. The second kappa shape index (κ2) is 8.45. The van der Waals surface area contributed by atoms with Gasteiger partial charge in [0.2, 0.25) is 0 Å². The quantitative estimate of drug-likeness (QED) is 0.753. The van der Waals surface area contributed by atoms with Gasteiger partial charge in [-0.15, -0.1) is 5.10 Å². The number of carbonyl (C=O) groups is 1. The SMILES string of the molecule is COc1cccc(C(=O)N2C[C@@H](N3N=C(c4cc(Cl)c[nH]4)ON3)CC[C@H]2C)c1OC. The lowest BCUT2D eigenvalue weighted by Gasteiger charge is -2.40. The Hall–Kier alpha value is -2.91. The molecule has 2 N–H and O–H groups in total. The predicted molar refractivity (Wildman–Crippen MR) is 111 cm³/mol. The van der Waals surface area contributed by atoms with E-state index < -0.39 is 0 Å². The molecule has 1 amide bonds. The summed E-state index contributed by atoms with van der Waals surface area (Å²) in [7, 11) is 3.09. The molecule has 0 spiro atoms. The molecule has 3 heterocycles. The van der Waals surface area contributed by atoms with Crippen molar-refractivity contribution in [2.75, 3.05) is 20.8 Å². The van der Waals surface area contributed by atoms with Crippen LogP contribution in [0.3, 0.4) is 0 Å². The lowest BCUT2D eigenvalue weighted by Crippen LogP contribution is -2.53. The van der Waals surface area contributed by atoms with Gasteiger partial charge in [0.1, 0.15) is 5.69 Å². The third-order valence-electron chi connectivity index (χ3n) is 5.41. The first kappa shape index (κ1) is 20.4. The highest BCUT2D eigenvalue weighted by atomic mass is 35.5. The van der Waals surface area contributed by atoms with Gasteiger partial charge in [-0.25, -0.2) is 0 Å². The van der Waals surface area contributed by atoms with E-state index in [2.05, 4.69) is 15.7 Å². The van der Waals surface area contributed by atoms with Crippen LogP contribution in [0.25, 0.3) is 0 Å². The Labute approximate surface area is 179 Å². The molecule has 0 saturated carbocycles. The predicted octanol–water partition coefficient (Wildman–Crippen LogP) is 2.79. The van der Waals surface area contributed by atoms with Gasteiger partial charge in [-0.2, -0.15) is 5.12 Å². The molecule has 1 fully saturated rings. The molecule has 0 bridgehead atoms. The van der Waals surface area contributed by atoms with Crippen LogP contribution in [0.1, 0.15) is 35.8 Å². The molecule has 0 aliphatic carbocycles. The van der Waals surface area contributed by atoms with Crippen molar-refractivity contribution in [1.29, 1.82) is 0 Å². The lowest BCUT2D eigenvalue weighted by atomic mass is 9.98. The van der Waals surface area contributed by atoms with E-state index in [4.69, 9.17) is 25.9 Å². The standard InChI is InChI=1S/C20H24ClN5O4/c1-12-7-8-14(26-23-19(30-24-26)16-9-13(21)10-22-16)11-25(12)20(27)15-5-4-6-17(28-2)18(15)29-3/h4-6,9-10,12,14,22,24H,7-8,11H2,1-3H3/t12-,14+/m1/s1. The van der Waals surface area contributed by atoms with E-state index >= 15 is 0 Å². The van der Waals surface area contributed by atoms with Crippen LogP contribution in [-0.2, 0) is 4.84 Å². The molecule has 1 aromatic carbocycles. The second-order valence-corrected chi connectivity index (χ2v) is 7.69. The summed E-state index contributed by atoms with van der Waals surface area (Å²) in [6, 6.07) is 7.08. The summed E-state index contributed by atoms with van der Waals surface area (Å²) in [4.78, 5) is 23.7. The Morgan fingerprint density at radius 1 is 1.30 bits per heavy atom. The molecular weight excluding hydrogens is 410 g/mol. The Morgan fingerprint density at radius 2 is 2.13 bits per heavy atom. The first-order valence-corrected chi connectivity index (χ1v) is 10.1. The van der Waals surface area contributed by atoms with Crippen LogP contribution in [0.2, 0.25) is 5.02 Å². The van der Waals surface area contributed by atoms with Gasteiger partial charge in [-0.3, -0.25) is 4.79 Å². The van der Waals surface area contributed by atoms with E-state index in [9.17, 15) is 4.79 Å². The maximum Gasteiger partial charge on any atom is 0.281 e. The molecule has 1 aromatic heterocycles. The van der Waals surface area contributed by atoms with Crippen molar-refractivity contribution >= 4 is 23.4 Å². The molecule has 160 valence electrons. The Morgan fingerprint density at radius 3 is 2.83 bits per heavy atom. The molecule has 1 saturated heterocycles. The van der Waals surface area contributed by atoms with E-state index in [1.165, 1.54) is 7.11 Å². The largest absolute Gasteiger partial charge is 0.493 e. The number of hydrazone groups is 1. The smallest absolute Gasteiger partial charge is 0.281 e. The fourth-order valence-corrected chi connectivity index (χ4v) is 3.93. The molecule has 9 nitrogen and oxygen atoms in total. The van der Waals surface area contributed by atoms with Crippen molar-refractivity contribution in [3.8, 4) is 11.5 Å². The van der Waals surface area contributed by atoms with E-state index in [-0.39, 0.29) is 18.0 Å². The lowest BCUT2D eigenvalue weighted by molar-refractivity contribution is -0.0268. The number of hydrazine groups is 1. The maximum absolute atomic E-state index is 13.4. The van der Waals surface area contributed by atoms with Crippen LogP contribution >= 0.6 is 11.6 Å². The zero-order valence-electron chi connectivity index (χ0n) is 17.0. The number of carbonyl (C=O) groups excluding carboxylic acids is 1. The van der Waals surface area contributed by atoms with E-state index in [1.807, 2.05) is 11.8 Å². The fourth-order valence-electron chi connectivity index (χ4n) is 3.77. The number of halogens is 1. The minimum Gasteiger partial charge on any atom is -0.493 e. The number of ether oxygens (including phenoxy) is 2. The van der Waals surface area contributed by atoms with Gasteiger partial charge >= 0.3 is 0 Å². The van der Waals surface area contributed by atoms with Gasteiger partial charge in [-0.05, 0) is 43.6 Å². The number of amides is 1. The Bertz CT molecular complexity index is 962. The number of nitrogens with zero attached hydrogens (tertiary/aromatic N) is 3. The van der Waals surface area contributed by atoms with Gasteiger partial charge in [-0.1, -0.05) is 17.7 Å². The van der Waals surface area contributed by atoms with Crippen molar-refractivity contribution in [1.82, 2.24) is 20.6 Å². The highest BCUT2D eigenvalue weighted by Gasteiger charge is 2.36. The topological polar surface area (TPSA) is 91.4 Å². The number of benzene rings is 1. The minimum absolute atomic E-state index is 0.0512. The first-order valence-electron chi connectivity index (χ1n) is 9.68. The normalized spacial score (nSPS) is 21.3. The Balaban J connectivity index is 1.53. The molecule has 0 radical (unpaired) electrons. The van der Waals surface area contributed by atoms with Crippen molar-refractivity contribution in [3.05, 3.63) is 46.7 Å². The van der Waals surface area contributed by atoms with Crippen molar-refractivity contribution in [2.24, 2.45) is 5.10 Å². The first-order chi connectivity index (χ1) is 14.5. The molecule has 2 atom stereocenters. The van der Waals surface area contributed by atoms with Crippen molar-refractivity contribution in [3.63, 3.8) is 0 Å². The number of hydrogen-bond acceptors (Lipinski definition) is 7. The van der Waals surface area contributed by atoms with E-state index in [1.54, 1.807) is 42.7 Å². The zero-order chi connectivity index (χ0) is 21.3. The van der Waals surface area contributed by atoms with Crippen molar-refractivity contribution < 1.29 is 19.1 Å². The summed E-state index contributed by atoms with van der Waals surface area (Å²) >= 11 is 5.96. The molecule has 2 aliphatic rings. The highest BCUT2D eigenvalue weighted by molar-refractivity contribution is 6.30. The summed E-state index contributed by atoms with van der Waals surface area (Å²) in [5.41, 5.74) is 3.97. The van der Waals surface area contributed by atoms with Crippen LogP contribution < -0.4 is 15.1 Å². The van der Waals surface area contributed by atoms with Crippen LogP contribution in [0.5, 0.6) is 11.5 Å². The van der Waals surface area contributed by atoms with Gasteiger partial charge in [0.05, 0.1) is 30.8 Å². The summed E-state index contributed by atoms with van der Waals surface area (Å²) in [6.45, 7) is 2.53. The molecule has 30 heavy (non-hydrogen) atoms. The molecular formula is C20H24ClN5O4. The van der Waals surface area contributed by atoms with Crippen LogP contribution in [-0.4, -0.2) is 59.7 Å². The number of H-pyrrole nitrogens is 1. The summed E-state index contributed by atoms with van der Waals surface area (Å²) < 4.78 is 10.8. The zero-order valence-corrected chi connectivity index (χ0v) is 17.8. The van der Waals surface area contributed by atoms with Gasteiger partial charge in [0.25, 0.3) is 11.8 Å². The number of aromatic amines is 1. The van der Waals surface area contributed by atoms with Gasteiger partial charge < -0.3 is 24.2 Å².